The van der Waals surface area contributed by atoms with Gasteiger partial charge in [0, 0.05) is 0 Å². The van der Waals surface area contributed by atoms with Crippen molar-refractivity contribution in [2.75, 3.05) is 0 Å². The fourth-order valence-corrected chi connectivity index (χ4v) is 0.928. The van der Waals surface area contributed by atoms with Gasteiger partial charge >= 0.3 is 0 Å². The third-order valence-electron chi connectivity index (χ3n) is 1.59. The Kier molecular flexibility index (Phi) is 2.26. The van der Waals surface area contributed by atoms with Crippen LogP contribution in [0, 0.1) is 6.92 Å². The molecule has 0 radical (unpaired) electrons. The van der Waals surface area contributed by atoms with Gasteiger partial charge in [-0.05, 0) is 19.4 Å². The standard InChI is InChI=1S/C9H11NO/c1-7-4-3-5-9(6-7)8(2)10-11/h3-6,11H,1-2H3/b10-8-. The predicted molar refractivity (Wildman–Crippen MR) is 45.2 cm³/mol. The Morgan fingerprint density at radius 3 is 2.73 bits per heavy atom. The van der Waals surface area contributed by atoms with E-state index in [1.807, 2.05) is 31.2 Å². The molecule has 1 aromatic rings. The Labute approximate surface area is 66.2 Å². The van der Waals surface area contributed by atoms with E-state index < -0.39 is 0 Å². The van der Waals surface area contributed by atoms with Gasteiger partial charge in [-0.3, -0.25) is 0 Å². The molecule has 0 unspecified atom stereocenters. The molecule has 0 aromatic heterocycles. The summed E-state index contributed by atoms with van der Waals surface area (Å²) in [6.45, 7) is 3.78. The molecule has 1 rings (SSSR count). The molecule has 0 fully saturated rings. The van der Waals surface area contributed by atoms with Crippen LogP contribution in [-0.2, 0) is 0 Å². The fraction of sp³-hybridized carbons (Fsp3) is 0.222. The summed E-state index contributed by atoms with van der Waals surface area (Å²) in [5, 5.41) is 11.6. The first-order valence-electron chi connectivity index (χ1n) is 3.49. The van der Waals surface area contributed by atoms with E-state index in [9.17, 15) is 0 Å². The lowest BCUT2D eigenvalue weighted by Crippen LogP contribution is -1.93. The SMILES string of the molecule is C/C(=N/O)c1cccc(C)c1. The maximum absolute atomic E-state index is 8.47. The zero-order valence-corrected chi connectivity index (χ0v) is 6.70. The van der Waals surface area contributed by atoms with Crippen LogP contribution in [0.25, 0.3) is 0 Å². The van der Waals surface area contributed by atoms with E-state index in [4.69, 9.17) is 5.21 Å². The molecule has 0 atom stereocenters. The van der Waals surface area contributed by atoms with Crippen LogP contribution in [0.5, 0.6) is 0 Å². The van der Waals surface area contributed by atoms with Crippen molar-refractivity contribution in [3.8, 4) is 0 Å². The summed E-state index contributed by atoms with van der Waals surface area (Å²) in [6, 6.07) is 7.85. The van der Waals surface area contributed by atoms with Crippen LogP contribution in [0.15, 0.2) is 29.4 Å². The van der Waals surface area contributed by atoms with Crippen LogP contribution in [-0.4, -0.2) is 10.9 Å². The Bertz CT molecular complexity index is 279. The van der Waals surface area contributed by atoms with E-state index in [-0.39, 0.29) is 0 Å². The number of nitrogens with zero attached hydrogens (tertiary/aromatic N) is 1. The Morgan fingerprint density at radius 1 is 1.45 bits per heavy atom. The molecule has 1 aromatic carbocycles. The van der Waals surface area contributed by atoms with Gasteiger partial charge in [0.2, 0.25) is 0 Å². The molecule has 0 heterocycles. The lowest BCUT2D eigenvalue weighted by atomic mass is 10.1. The van der Waals surface area contributed by atoms with E-state index in [0.29, 0.717) is 5.71 Å². The first-order chi connectivity index (χ1) is 5.24. The zero-order valence-electron chi connectivity index (χ0n) is 6.70. The lowest BCUT2D eigenvalue weighted by molar-refractivity contribution is 0.319. The third kappa shape index (κ3) is 1.80. The Morgan fingerprint density at radius 2 is 2.18 bits per heavy atom. The molecule has 58 valence electrons. The summed E-state index contributed by atoms with van der Waals surface area (Å²) in [5.41, 5.74) is 2.78. The molecule has 0 saturated carbocycles. The highest BCUT2D eigenvalue weighted by Gasteiger charge is 1.95. The van der Waals surface area contributed by atoms with Crippen molar-refractivity contribution in [2.24, 2.45) is 5.16 Å². The summed E-state index contributed by atoms with van der Waals surface area (Å²) in [7, 11) is 0. The van der Waals surface area contributed by atoms with Crippen molar-refractivity contribution in [3.05, 3.63) is 35.4 Å². The minimum atomic E-state index is 0.647. The highest BCUT2D eigenvalue weighted by Crippen LogP contribution is 2.04. The molecule has 2 heteroatoms. The molecular formula is C9H11NO. The van der Waals surface area contributed by atoms with Gasteiger partial charge in [-0.15, -0.1) is 0 Å². The van der Waals surface area contributed by atoms with Crippen LogP contribution in [0.2, 0.25) is 0 Å². The topological polar surface area (TPSA) is 32.6 Å². The number of hydrogen-bond donors (Lipinski definition) is 1. The molecular weight excluding hydrogens is 138 g/mol. The van der Waals surface area contributed by atoms with Gasteiger partial charge in [0.25, 0.3) is 0 Å². The molecule has 0 aliphatic heterocycles. The smallest absolute Gasteiger partial charge is 0.0837 e. The van der Waals surface area contributed by atoms with Crippen molar-refractivity contribution >= 4 is 5.71 Å². The summed E-state index contributed by atoms with van der Waals surface area (Å²) in [6.07, 6.45) is 0. The van der Waals surface area contributed by atoms with Crippen LogP contribution >= 0.6 is 0 Å². The predicted octanol–water partition coefficient (Wildman–Crippen LogP) is 2.19. The number of benzene rings is 1. The Balaban J connectivity index is 3.06. The minimum Gasteiger partial charge on any atom is -0.411 e. The first-order valence-corrected chi connectivity index (χ1v) is 3.49. The summed E-state index contributed by atoms with van der Waals surface area (Å²) < 4.78 is 0. The van der Waals surface area contributed by atoms with E-state index >= 15 is 0 Å². The monoisotopic (exact) mass is 149 g/mol. The number of oxime groups is 1. The van der Waals surface area contributed by atoms with Gasteiger partial charge < -0.3 is 5.21 Å². The van der Waals surface area contributed by atoms with Gasteiger partial charge in [-0.25, -0.2) is 0 Å². The van der Waals surface area contributed by atoms with Crippen LogP contribution < -0.4 is 0 Å². The van der Waals surface area contributed by atoms with Gasteiger partial charge in [0.05, 0.1) is 5.71 Å². The van der Waals surface area contributed by atoms with Crippen molar-refractivity contribution in [2.45, 2.75) is 13.8 Å². The van der Waals surface area contributed by atoms with Crippen molar-refractivity contribution < 1.29 is 5.21 Å². The minimum absolute atomic E-state index is 0.647. The summed E-state index contributed by atoms with van der Waals surface area (Å²) in [5.74, 6) is 0. The fourth-order valence-electron chi connectivity index (χ4n) is 0.928. The molecule has 0 amide bonds. The molecule has 11 heavy (non-hydrogen) atoms. The van der Waals surface area contributed by atoms with E-state index in [1.54, 1.807) is 6.92 Å². The highest BCUT2D eigenvalue weighted by atomic mass is 16.4. The molecule has 0 aliphatic rings. The van der Waals surface area contributed by atoms with Crippen molar-refractivity contribution in [3.63, 3.8) is 0 Å². The largest absolute Gasteiger partial charge is 0.411 e. The maximum Gasteiger partial charge on any atom is 0.0837 e. The van der Waals surface area contributed by atoms with Crippen LogP contribution in [0.4, 0.5) is 0 Å². The van der Waals surface area contributed by atoms with E-state index in [1.165, 1.54) is 5.56 Å². The summed E-state index contributed by atoms with van der Waals surface area (Å²) in [4.78, 5) is 0. The second-order valence-electron chi connectivity index (χ2n) is 2.55. The van der Waals surface area contributed by atoms with Crippen LogP contribution in [0.3, 0.4) is 0 Å². The zero-order chi connectivity index (χ0) is 8.27. The molecule has 2 nitrogen and oxygen atoms in total. The number of hydrogen-bond acceptors (Lipinski definition) is 2. The van der Waals surface area contributed by atoms with E-state index in [0.717, 1.165) is 5.56 Å². The van der Waals surface area contributed by atoms with Gasteiger partial charge in [0.1, 0.15) is 0 Å². The summed E-state index contributed by atoms with van der Waals surface area (Å²) >= 11 is 0. The van der Waals surface area contributed by atoms with E-state index in [2.05, 4.69) is 5.16 Å². The van der Waals surface area contributed by atoms with Crippen molar-refractivity contribution in [1.29, 1.82) is 0 Å². The van der Waals surface area contributed by atoms with Crippen LogP contribution in [0.1, 0.15) is 18.1 Å². The second kappa shape index (κ2) is 3.19. The Hall–Kier alpha value is -1.31. The van der Waals surface area contributed by atoms with Gasteiger partial charge in [0.15, 0.2) is 0 Å². The molecule has 0 spiro atoms. The highest BCUT2D eigenvalue weighted by molar-refractivity contribution is 5.98. The average Bonchev–Trinajstić information content (AvgIpc) is 2.03. The molecule has 0 bridgehead atoms. The normalized spacial score (nSPS) is 11.6. The third-order valence-corrected chi connectivity index (χ3v) is 1.59. The number of aryl methyl sites for hydroxylation is 1. The van der Waals surface area contributed by atoms with Gasteiger partial charge in [-0.1, -0.05) is 35.0 Å². The van der Waals surface area contributed by atoms with Gasteiger partial charge in [-0.2, -0.15) is 0 Å². The average molecular weight is 149 g/mol. The molecule has 1 N–H and O–H groups in total. The first kappa shape index (κ1) is 7.79. The number of rotatable bonds is 1. The molecule has 0 saturated heterocycles. The lowest BCUT2D eigenvalue weighted by Gasteiger charge is -1.98. The molecule has 0 aliphatic carbocycles. The second-order valence-corrected chi connectivity index (χ2v) is 2.55. The maximum atomic E-state index is 8.47. The van der Waals surface area contributed by atoms with Crippen molar-refractivity contribution in [1.82, 2.24) is 0 Å². The quantitative estimate of drug-likeness (QED) is 0.370.